The Morgan fingerprint density at radius 2 is 2.33 bits per heavy atom. The molecule has 82 valence electrons. The maximum atomic E-state index is 4.31. The van der Waals surface area contributed by atoms with Gasteiger partial charge in [-0.05, 0) is 31.1 Å². The van der Waals surface area contributed by atoms with E-state index in [2.05, 4.69) is 15.4 Å². The van der Waals surface area contributed by atoms with Crippen LogP contribution in [0.3, 0.4) is 0 Å². The highest BCUT2D eigenvalue weighted by molar-refractivity contribution is 5.04. The number of hydrogen-bond donors (Lipinski definition) is 1. The molecule has 3 rings (SSSR count). The summed E-state index contributed by atoms with van der Waals surface area (Å²) in [5.41, 5.74) is 0.503. The molecule has 2 aliphatic rings. The summed E-state index contributed by atoms with van der Waals surface area (Å²) < 4.78 is 1.90. The number of aryl methyl sites for hydroxylation is 1. The molecule has 0 unspecified atom stereocenters. The van der Waals surface area contributed by atoms with Crippen LogP contribution in [0.4, 0.5) is 0 Å². The first-order chi connectivity index (χ1) is 7.27. The number of nitrogens with one attached hydrogen (secondary N) is 1. The van der Waals surface area contributed by atoms with Crippen molar-refractivity contribution >= 4 is 0 Å². The zero-order valence-corrected chi connectivity index (χ0v) is 9.24. The molecule has 0 atom stereocenters. The van der Waals surface area contributed by atoms with Crippen molar-refractivity contribution in [1.82, 2.24) is 20.1 Å². The van der Waals surface area contributed by atoms with E-state index in [-0.39, 0.29) is 0 Å². The third-order valence-electron chi connectivity index (χ3n) is 3.64. The number of nitrogens with zero attached hydrogens (tertiary/aromatic N) is 3. The quantitative estimate of drug-likeness (QED) is 0.778. The van der Waals surface area contributed by atoms with Crippen LogP contribution >= 0.6 is 0 Å². The Morgan fingerprint density at radius 3 is 2.87 bits per heavy atom. The van der Waals surface area contributed by atoms with E-state index < -0.39 is 0 Å². The minimum Gasteiger partial charge on any atom is -0.313 e. The Bertz CT molecular complexity index is 349. The Hall–Kier alpha value is -0.900. The summed E-state index contributed by atoms with van der Waals surface area (Å²) in [6, 6.07) is 0.821. The van der Waals surface area contributed by atoms with Gasteiger partial charge >= 0.3 is 0 Å². The van der Waals surface area contributed by atoms with Crippen molar-refractivity contribution in [2.24, 2.45) is 12.5 Å². The molecule has 2 aliphatic carbocycles. The van der Waals surface area contributed by atoms with E-state index in [0.29, 0.717) is 5.41 Å². The van der Waals surface area contributed by atoms with Gasteiger partial charge < -0.3 is 5.32 Å². The molecule has 0 saturated heterocycles. The van der Waals surface area contributed by atoms with Crippen LogP contribution < -0.4 is 5.32 Å². The average molecular weight is 206 g/mol. The molecule has 0 bridgehead atoms. The van der Waals surface area contributed by atoms with Crippen molar-refractivity contribution in [2.45, 2.75) is 38.1 Å². The molecule has 0 amide bonds. The lowest BCUT2D eigenvalue weighted by Crippen LogP contribution is -2.28. The topological polar surface area (TPSA) is 42.7 Å². The van der Waals surface area contributed by atoms with E-state index in [0.717, 1.165) is 18.3 Å². The van der Waals surface area contributed by atoms with Gasteiger partial charge in [-0.2, -0.15) is 5.10 Å². The average Bonchev–Trinajstić information content (AvgIpc) is 3.10. The lowest BCUT2D eigenvalue weighted by atomic mass is 10.0. The summed E-state index contributed by atoms with van der Waals surface area (Å²) in [5, 5.41) is 7.76. The highest BCUT2D eigenvalue weighted by Gasteiger charge is 2.44. The third-order valence-corrected chi connectivity index (χ3v) is 3.64. The summed E-state index contributed by atoms with van der Waals surface area (Å²) in [6.07, 6.45) is 8.18. The van der Waals surface area contributed by atoms with Gasteiger partial charge in [0.1, 0.15) is 12.2 Å². The lowest BCUT2D eigenvalue weighted by Gasteiger charge is -2.14. The second-order valence-corrected chi connectivity index (χ2v) is 5.13. The van der Waals surface area contributed by atoms with E-state index in [1.165, 1.54) is 32.2 Å². The predicted octanol–water partition coefficient (Wildman–Crippen LogP) is 0.890. The van der Waals surface area contributed by atoms with Crippen LogP contribution in [0, 0.1) is 5.41 Å². The SMILES string of the molecule is Cn1ncnc1CC1(CNC2CC2)CC1. The minimum absolute atomic E-state index is 0.503. The van der Waals surface area contributed by atoms with Crippen LogP contribution in [-0.4, -0.2) is 27.4 Å². The molecule has 0 spiro atoms. The molecule has 0 radical (unpaired) electrons. The first-order valence-corrected chi connectivity index (χ1v) is 5.84. The Labute approximate surface area is 90.1 Å². The zero-order chi connectivity index (χ0) is 10.3. The Balaban J connectivity index is 1.59. The normalized spacial score (nSPS) is 23.0. The Kier molecular flexibility index (Phi) is 2.06. The standard InChI is InChI=1S/C11H18N4/c1-15-10(13-8-14-15)6-11(4-5-11)7-12-9-2-3-9/h8-9,12H,2-7H2,1H3. The molecule has 2 fully saturated rings. The number of hydrogen-bond acceptors (Lipinski definition) is 3. The number of aromatic nitrogens is 3. The monoisotopic (exact) mass is 206 g/mol. The van der Waals surface area contributed by atoms with Crippen LogP contribution in [0.15, 0.2) is 6.33 Å². The van der Waals surface area contributed by atoms with Gasteiger partial charge in [-0.3, -0.25) is 4.68 Å². The molecule has 1 aromatic heterocycles. The van der Waals surface area contributed by atoms with Crippen LogP contribution in [0.5, 0.6) is 0 Å². The molecular weight excluding hydrogens is 188 g/mol. The maximum absolute atomic E-state index is 4.31. The van der Waals surface area contributed by atoms with E-state index in [4.69, 9.17) is 0 Å². The third kappa shape index (κ3) is 2.04. The van der Waals surface area contributed by atoms with Gasteiger partial charge in [0.05, 0.1) is 0 Å². The van der Waals surface area contributed by atoms with Crippen molar-refractivity contribution in [2.75, 3.05) is 6.54 Å². The minimum atomic E-state index is 0.503. The highest BCUT2D eigenvalue weighted by Crippen LogP contribution is 2.47. The van der Waals surface area contributed by atoms with Gasteiger partial charge in [-0.15, -0.1) is 0 Å². The molecule has 0 aromatic carbocycles. The molecule has 4 nitrogen and oxygen atoms in total. The lowest BCUT2D eigenvalue weighted by molar-refractivity contribution is 0.435. The molecular formula is C11H18N4. The van der Waals surface area contributed by atoms with Gasteiger partial charge in [0, 0.05) is 26.1 Å². The largest absolute Gasteiger partial charge is 0.313 e. The van der Waals surface area contributed by atoms with E-state index in [1.807, 2.05) is 11.7 Å². The molecule has 1 N–H and O–H groups in total. The molecule has 0 aliphatic heterocycles. The van der Waals surface area contributed by atoms with Gasteiger partial charge in [0.2, 0.25) is 0 Å². The highest BCUT2D eigenvalue weighted by atomic mass is 15.3. The molecule has 1 heterocycles. The molecule has 15 heavy (non-hydrogen) atoms. The van der Waals surface area contributed by atoms with Crippen molar-refractivity contribution < 1.29 is 0 Å². The molecule has 2 saturated carbocycles. The van der Waals surface area contributed by atoms with E-state index in [9.17, 15) is 0 Å². The summed E-state index contributed by atoms with van der Waals surface area (Å²) in [4.78, 5) is 4.31. The van der Waals surface area contributed by atoms with Gasteiger partial charge in [-0.1, -0.05) is 0 Å². The van der Waals surface area contributed by atoms with Crippen LogP contribution in [-0.2, 0) is 13.5 Å². The first kappa shape index (κ1) is 9.33. The number of rotatable bonds is 5. The van der Waals surface area contributed by atoms with Gasteiger partial charge in [-0.25, -0.2) is 4.98 Å². The fraction of sp³-hybridized carbons (Fsp3) is 0.818. The van der Waals surface area contributed by atoms with Crippen molar-refractivity contribution in [3.63, 3.8) is 0 Å². The summed E-state index contributed by atoms with van der Waals surface area (Å²) in [6.45, 7) is 1.17. The van der Waals surface area contributed by atoms with Crippen LogP contribution in [0.2, 0.25) is 0 Å². The predicted molar refractivity (Wildman–Crippen MR) is 57.4 cm³/mol. The van der Waals surface area contributed by atoms with E-state index >= 15 is 0 Å². The second kappa shape index (κ2) is 3.30. The molecule has 1 aromatic rings. The maximum Gasteiger partial charge on any atom is 0.138 e. The summed E-state index contributed by atoms with van der Waals surface area (Å²) in [7, 11) is 1.98. The van der Waals surface area contributed by atoms with Crippen LogP contribution in [0.1, 0.15) is 31.5 Å². The zero-order valence-electron chi connectivity index (χ0n) is 9.24. The summed E-state index contributed by atoms with van der Waals surface area (Å²) in [5.74, 6) is 1.13. The van der Waals surface area contributed by atoms with E-state index in [1.54, 1.807) is 6.33 Å². The van der Waals surface area contributed by atoms with Crippen molar-refractivity contribution in [1.29, 1.82) is 0 Å². The van der Waals surface area contributed by atoms with Gasteiger partial charge in [0.15, 0.2) is 0 Å². The smallest absolute Gasteiger partial charge is 0.138 e. The van der Waals surface area contributed by atoms with Crippen molar-refractivity contribution in [3.05, 3.63) is 12.2 Å². The molecule has 4 heteroatoms. The fourth-order valence-corrected chi connectivity index (χ4v) is 2.06. The second-order valence-electron chi connectivity index (χ2n) is 5.13. The summed E-state index contributed by atoms with van der Waals surface area (Å²) >= 11 is 0. The first-order valence-electron chi connectivity index (χ1n) is 5.84. The Morgan fingerprint density at radius 1 is 1.53 bits per heavy atom. The van der Waals surface area contributed by atoms with Gasteiger partial charge in [0.25, 0.3) is 0 Å². The van der Waals surface area contributed by atoms with Crippen molar-refractivity contribution in [3.8, 4) is 0 Å². The fourth-order valence-electron chi connectivity index (χ4n) is 2.06. The van der Waals surface area contributed by atoms with Crippen LogP contribution in [0.25, 0.3) is 0 Å².